The topological polar surface area (TPSA) is 61.0 Å². The van der Waals surface area contributed by atoms with E-state index in [4.69, 9.17) is 10.5 Å². The van der Waals surface area contributed by atoms with Crippen molar-refractivity contribution in [1.29, 1.82) is 0 Å². The molecule has 2 N–H and O–H groups in total. The smallest absolute Gasteiger partial charge is 0.187 e. The maximum atomic E-state index is 6.31. The molecule has 4 nitrogen and oxygen atoms in total. The summed E-state index contributed by atoms with van der Waals surface area (Å²) in [4.78, 5) is 8.61. The van der Waals surface area contributed by atoms with Gasteiger partial charge >= 0.3 is 0 Å². The minimum Gasteiger partial charge on any atom is -0.492 e. The Labute approximate surface area is 116 Å². The monoisotopic (exact) mass is 273 g/mol. The number of hydrogen-bond acceptors (Lipinski definition) is 5. The average Bonchev–Trinajstić information content (AvgIpc) is 2.45. The number of rotatable bonds is 2. The molecule has 2 aromatic rings. The second kappa shape index (κ2) is 5.19. The highest BCUT2D eigenvalue weighted by molar-refractivity contribution is 7.99. The molecule has 1 aromatic heterocycles. The molecule has 0 fully saturated rings. The van der Waals surface area contributed by atoms with Crippen LogP contribution >= 0.6 is 11.8 Å². The van der Waals surface area contributed by atoms with Gasteiger partial charge in [0.15, 0.2) is 5.16 Å². The van der Waals surface area contributed by atoms with Crippen molar-refractivity contribution in [2.45, 2.75) is 23.4 Å². The number of benzene rings is 1. The summed E-state index contributed by atoms with van der Waals surface area (Å²) in [6.45, 7) is 2.56. The van der Waals surface area contributed by atoms with Crippen molar-refractivity contribution in [3.05, 3.63) is 47.8 Å². The van der Waals surface area contributed by atoms with Crippen LogP contribution < -0.4 is 10.5 Å². The van der Waals surface area contributed by atoms with Crippen molar-refractivity contribution in [2.24, 2.45) is 5.73 Å². The lowest BCUT2D eigenvalue weighted by molar-refractivity contribution is 0.276. The third-order valence-electron chi connectivity index (χ3n) is 3.10. The van der Waals surface area contributed by atoms with Gasteiger partial charge in [-0.05, 0) is 18.6 Å². The van der Waals surface area contributed by atoms with E-state index in [1.54, 1.807) is 11.8 Å². The van der Waals surface area contributed by atoms with Gasteiger partial charge in [0.1, 0.15) is 12.4 Å². The molecule has 0 radical (unpaired) electrons. The van der Waals surface area contributed by atoms with Crippen LogP contribution in [0.25, 0.3) is 0 Å². The summed E-state index contributed by atoms with van der Waals surface area (Å²) in [6.07, 6.45) is 3.64. The molecule has 2 unspecified atom stereocenters. The summed E-state index contributed by atoms with van der Waals surface area (Å²) in [5, 5.41) is 0.881. The Balaban J connectivity index is 1.79. The third kappa shape index (κ3) is 2.57. The number of thioether (sulfide) groups is 1. The molecule has 1 aliphatic rings. The summed E-state index contributed by atoms with van der Waals surface area (Å²) in [5.41, 5.74) is 8.42. The molecule has 1 aromatic carbocycles. The maximum Gasteiger partial charge on any atom is 0.187 e. The number of nitrogens with zero attached hydrogens (tertiary/aromatic N) is 2. The minimum atomic E-state index is -0.0557. The van der Waals surface area contributed by atoms with Crippen molar-refractivity contribution in [1.82, 2.24) is 9.97 Å². The molecular weight excluding hydrogens is 258 g/mol. The van der Waals surface area contributed by atoms with Crippen LogP contribution in [0.15, 0.2) is 41.8 Å². The molecule has 0 aliphatic carbocycles. The van der Waals surface area contributed by atoms with Gasteiger partial charge in [-0.2, -0.15) is 0 Å². The van der Waals surface area contributed by atoms with E-state index in [0.717, 1.165) is 22.0 Å². The van der Waals surface area contributed by atoms with E-state index in [1.807, 2.05) is 43.6 Å². The summed E-state index contributed by atoms with van der Waals surface area (Å²) in [6, 6.07) is 7.86. The van der Waals surface area contributed by atoms with E-state index in [1.165, 1.54) is 0 Å². The van der Waals surface area contributed by atoms with Crippen LogP contribution in [0.3, 0.4) is 0 Å². The molecule has 0 amide bonds. The third-order valence-corrected chi connectivity index (χ3v) is 4.25. The first kappa shape index (κ1) is 12.4. The van der Waals surface area contributed by atoms with Gasteiger partial charge in [0, 0.05) is 24.0 Å². The van der Waals surface area contributed by atoms with Gasteiger partial charge in [0.2, 0.25) is 0 Å². The fourth-order valence-corrected chi connectivity index (χ4v) is 2.97. The number of nitrogens with two attached hydrogens (primary N) is 1. The first-order chi connectivity index (χ1) is 9.24. The Morgan fingerprint density at radius 3 is 2.79 bits per heavy atom. The van der Waals surface area contributed by atoms with E-state index in [9.17, 15) is 0 Å². The number of aryl methyl sites for hydroxylation is 1. The fourth-order valence-electron chi connectivity index (χ4n) is 2.05. The fraction of sp³-hybridized carbons (Fsp3) is 0.286. The zero-order chi connectivity index (χ0) is 13.2. The van der Waals surface area contributed by atoms with Crippen molar-refractivity contribution >= 4 is 11.8 Å². The van der Waals surface area contributed by atoms with Gasteiger partial charge in [-0.1, -0.05) is 30.0 Å². The predicted molar refractivity (Wildman–Crippen MR) is 75.3 cm³/mol. The van der Waals surface area contributed by atoms with Gasteiger partial charge in [-0.3, -0.25) is 0 Å². The second-order valence-corrected chi connectivity index (χ2v) is 5.78. The van der Waals surface area contributed by atoms with Gasteiger partial charge < -0.3 is 10.5 Å². The lowest BCUT2D eigenvalue weighted by Crippen LogP contribution is -2.33. The summed E-state index contributed by atoms with van der Waals surface area (Å²) < 4.78 is 5.75. The summed E-state index contributed by atoms with van der Waals surface area (Å²) in [5.74, 6) is 0.886. The molecular formula is C14H15N3OS. The Morgan fingerprint density at radius 1 is 1.26 bits per heavy atom. The quantitative estimate of drug-likeness (QED) is 0.851. The van der Waals surface area contributed by atoms with Crippen molar-refractivity contribution in [3.8, 4) is 5.75 Å². The summed E-state index contributed by atoms with van der Waals surface area (Å²) >= 11 is 1.57. The van der Waals surface area contributed by atoms with Crippen LogP contribution in [-0.2, 0) is 0 Å². The highest BCUT2D eigenvalue weighted by Crippen LogP contribution is 2.37. The Hall–Kier alpha value is -1.59. The predicted octanol–water partition coefficient (Wildman–Crippen LogP) is 2.34. The lowest BCUT2D eigenvalue weighted by atomic mass is 10.0. The number of hydrogen-bond donors (Lipinski definition) is 1. The standard InChI is InChI=1S/C14H15N3OS/c1-9-6-16-14(17-7-9)19-12-8-18-11-5-3-2-4-10(11)13(12)15/h2-7,12-13H,8,15H2,1H3. The zero-order valence-corrected chi connectivity index (χ0v) is 11.4. The Morgan fingerprint density at radius 2 is 2.00 bits per heavy atom. The number of para-hydroxylation sites is 1. The maximum absolute atomic E-state index is 6.31. The van der Waals surface area contributed by atoms with Crippen molar-refractivity contribution in [3.63, 3.8) is 0 Å². The molecule has 1 aliphatic heterocycles. The molecule has 2 atom stereocenters. The van der Waals surface area contributed by atoms with Gasteiger partial charge in [0.05, 0.1) is 5.25 Å². The molecule has 2 heterocycles. The number of ether oxygens (including phenoxy) is 1. The van der Waals surface area contributed by atoms with E-state index in [2.05, 4.69) is 9.97 Å². The van der Waals surface area contributed by atoms with Crippen molar-refractivity contribution in [2.75, 3.05) is 6.61 Å². The lowest BCUT2D eigenvalue weighted by Gasteiger charge is -2.30. The first-order valence-corrected chi connectivity index (χ1v) is 7.04. The molecule has 0 spiro atoms. The molecule has 98 valence electrons. The van der Waals surface area contributed by atoms with E-state index >= 15 is 0 Å². The molecule has 0 saturated carbocycles. The van der Waals surface area contributed by atoms with E-state index < -0.39 is 0 Å². The van der Waals surface area contributed by atoms with Crippen molar-refractivity contribution < 1.29 is 4.74 Å². The number of aromatic nitrogens is 2. The normalized spacial score (nSPS) is 21.6. The molecule has 0 saturated heterocycles. The second-order valence-electron chi connectivity index (χ2n) is 4.57. The van der Waals surface area contributed by atoms with Gasteiger partial charge in [0.25, 0.3) is 0 Å². The Bertz CT molecular complexity index is 573. The minimum absolute atomic E-state index is 0.0557. The SMILES string of the molecule is Cc1cnc(SC2COc3ccccc3C2N)nc1. The van der Waals surface area contributed by atoms with E-state index in [0.29, 0.717) is 6.61 Å². The largest absolute Gasteiger partial charge is 0.492 e. The first-order valence-electron chi connectivity index (χ1n) is 6.16. The van der Waals surface area contributed by atoms with Crippen LogP contribution in [0.1, 0.15) is 17.2 Å². The van der Waals surface area contributed by atoms with Crippen LogP contribution in [0.2, 0.25) is 0 Å². The van der Waals surface area contributed by atoms with Gasteiger partial charge in [-0.25, -0.2) is 9.97 Å². The van der Waals surface area contributed by atoms with Crippen LogP contribution in [0.5, 0.6) is 5.75 Å². The van der Waals surface area contributed by atoms with Gasteiger partial charge in [-0.15, -0.1) is 0 Å². The molecule has 19 heavy (non-hydrogen) atoms. The highest BCUT2D eigenvalue weighted by atomic mass is 32.2. The van der Waals surface area contributed by atoms with Crippen LogP contribution in [0.4, 0.5) is 0 Å². The summed E-state index contributed by atoms with van der Waals surface area (Å²) in [7, 11) is 0. The Kier molecular flexibility index (Phi) is 3.40. The van der Waals surface area contributed by atoms with Crippen LogP contribution in [0, 0.1) is 6.92 Å². The molecule has 5 heteroatoms. The van der Waals surface area contributed by atoms with E-state index in [-0.39, 0.29) is 11.3 Å². The zero-order valence-electron chi connectivity index (χ0n) is 10.6. The highest BCUT2D eigenvalue weighted by Gasteiger charge is 2.29. The van der Waals surface area contributed by atoms with Crippen LogP contribution in [-0.4, -0.2) is 21.8 Å². The molecule has 0 bridgehead atoms. The average molecular weight is 273 g/mol. The number of fused-ring (bicyclic) bond motifs is 1. The molecule has 3 rings (SSSR count).